The Bertz CT molecular complexity index is 457. The van der Waals surface area contributed by atoms with Crippen molar-refractivity contribution in [2.45, 2.75) is 13.8 Å². The summed E-state index contributed by atoms with van der Waals surface area (Å²) in [5.41, 5.74) is 4.29. The van der Waals surface area contributed by atoms with Gasteiger partial charge in [-0.05, 0) is 31.5 Å². The number of hydrogen-bond donors (Lipinski definition) is 0. The van der Waals surface area contributed by atoms with Gasteiger partial charge in [0.15, 0.2) is 0 Å². The van der Waals surface area contributed by atoms with E-state index in [-0.39, 0.29) is 0 Å². The first kappa shape index (κ1) is 8.94. The summed E-state index contributed by atoms with van der Waals surface area (Å²) >= 11 is 0. The van der Waals surface area contributed by atoms with Gasteiger partial charge >= 0.3 is 0 Å². The van der Waals surface area contributed by atoms with Crippen molar-refractivity contribution in [1.82, 2.24) is 14.8 Å². The van der Waals surface area contributed by atoms with Crippen LogP contribution in [0.25, 0.3) is 11.3 Å². The van der Waals surface area contributed by atoms with Gasteiger partial charge < -0.3 is 0 Å². The van der Waals surface area contributed by atoms with E-state index >= 15 is 0 Å². The highest BCUT2D eigenvalue weighted by molar-refractivity contribution is 5.61. The van der Waals surface area contributed by atoms with Crippen LogP contribution in [-0.4, -0.2) is 14.8 Å². The molecule has 0 aliphatic rings. The molecule has 0 aliphatic heterocycles. The normalized spacial score (nSPS) is 10.5. The fourth-order valence-corrected chi connectivity index (χ4v) is 1.46. The topological polar surface area (TPSA) is 30.7 Å². The molecule has 3 nitrogen and oxygen atoms in total. The third-order valence-corrected chi connectivity index (χ3v) is 2.21. The van der Waals surface area contributed by atoms with Crippen molar-refractivity contribution in [2.24, 2.45) is 7.05 Å². The molecule has 0 radical (unpaired) electrons. The molecule has 2 rings (SSSR count). The van der Waals surface area contributed by atoms with E-state index in [9.17, 15) is 0 Å². The van der Waals surface area contributed by atoms with E-state index in [1.165, 1.54) is 0 Å². The van der Waals surface area contributed by atoms with E-state index in [0.29, 0.717) is 0 Å². The molecule has 0 spiro atoms. The molecule has 2 heterocycles. The minimum Gasteiger partial charge on any atom is -0.275 e. The summed E-state index contributed by atoms with van der Waals surface area (Å²) in [6.07, 6.45) is 3.82. The first-order chi connectivity index (χ1) is 6.66. The number of pyridine rings is 1. The van der Waals surface area contributed by atoms with E-state index in [4.69, 9.17) is 0 Å². The van der Waals surface area contributed by atoms with Crippen LogP contribution in [0, 0.1) is 13.8 Å². The molecule has 0 saturated carbocycles. The van der Waals surface area contributed by atoms with E-state index in [2.05, 4.69) is 16.1 Å². The van der Waals surface area contributed by atoms with Crippen molar-refractivity contribution in [2.75, 3.05) is 0 Å². The highest BCUT2D eigenvalue weighted by Gasteiger charge is 2.05. The molecule has 0 atom stereocenters. The lowest BCUT2D eigenvalue weighted by Crippen LogP contribution is -1.92. The summed E-state index contributed by atoms with van der Waals surface area (Å²) in [5, 5.41) is 4.36. The summed E-state index contributed by atoms with van der Waals surface area (Å²) in [4.78, 5) is 4.32. The first-order valence-electron chi connectivity index (χ1n) is 4.60. The number of hydrogen-bond acceptors (Lipinski definition) is 2. The van der Waals surface area contributed by atoms with Crippen molar-refractivity contribution >= 4 is 0 Å². The minimum atomic E-state index is 0.987. The second-order valence-electron chi connectivity index (χ2n) is 3.52. The number of aromatic nitrogens is 3. The van der Waals surface area contributed by atoms with Crippen LogP contribution in [0.3, 0.4) is 0 Å². The SMILES string of the molecule is Cc1cnc(C)c(-c2ccn(C)n2)c1. The lowest BCUT2D eigenvalue weighted by molar-refractivity contribution is 0.770. The Hall–Kier alpha value is -1.64. The maximum atomic E-state index is 4.36. The van der Waals surface area contributed by atoms with Crippen LogP contribution in [-0.2, 0) is 7.05 Å². The zero-order valence-electron chi connectivity index (χ0n) is 8.65. The Morgan fingerprint density at radius 1 is 1.29 bits per heavy atom. The van der Waals surface area contributed by atoms with Crippen molar-refractivity contribution < 1.29 is 0 Å². The van der Waals surface area contributed by atoms with Gasteiger partial charge in [-0.15, -0.1) is 0 Å². The van der Waals surface area contributed by atoms with Gasteiger partial charge in [0.1, 0.15) is 0 Å². The van der Waals surface area contributed by atoms with E-state index in [1.807, 2.05) is 39.4 Å². The van der Waals surface area contributed by atoms with E-state index in [0.717, 1.165) is 22.5 Å². The molecular weight excluding hydrogens is 174 g/mol. The molecule has 0 saturated heterocycles. The van der Waals surface area contributed by atoms with Gasteiger partial charge in [-0.25, -0.2) is 0 Å². The molecule has 3 heteroatoms. The molecule has 14 heavy (non-hydrogen) atoms. The highest BCUT2D eigenvalue weighted by Crippen LogP contribution is 2.20. The van der Waals surface area contributed by atoms with Gasteiger partial charge in [-0.3, -0.25) is 9.67 Å². The highest BCUT2D eigenvalue weighted by atomic mass is 15.2. The quantitative estimate of drug-likeness (QED) is 0.684. The molecule has 2 aromatic rings. The summed E-state index contributed by atoms with van der Waals surface area (Å²) in [5.74, 6) is 0. The minimum absolute atomic E-state index is 0.987. The lowest BCUT2D eigenvalue weighted by atomic mass is 10.1. The molecule has 0 fully saturated rings. The smallest absolute Gasteiger partial charge is 0.0941 e. The summed E-state index contributed by atoms with van der Waals surface area (Å²) in [7, 11) is 1.92. The van der Waals surface area contributed by atoms with Gasteiger partial charge in [0.2, 0.25) is 0 Å². The first-order valence-corrected chi connectivity index (χ1v) is 4.60. The second kappa shape index (κ2) is 3.25. The fourth-order valence-electron chi connectivity index (χ4n) is 1.46. The van der Waals surface area contributed by atoms with Crippen LogP contribution in [0.15, 0.2) is 24.5 Å². The van der Waals surface area contributed by atoms with Crippen molar-refractivity contribution in [1.29, 1.82) is 0 Å². The zero-order chi connectivity index (χ0) is 10.1. The number of rotatable bonds is 1. The maximum absolute atomic E-state index is 4.36. The Morgan fingerprint density at radius 2 is 2.07 bits per heavy atom. The van der Waals surface area contributed by atoms with Crippen LogP contribution in [0.2, 0.25) is 0 Å². The molecule has 0 aromatic carbocycles. The summed E-state index contributed by atoms with van der Waals surface area (Å²) in [6.45, 7) is 4.04. The van der Waals surface area contributed by atoms with Gasteiger partial charge in [0.25, 0.3) is 0 Å². The lowest BCUT2D eigenvalue weighted by Gasteiger charge is -2.02. The molecule has 72 valence electrons. The predicted octanol–water partition coefficient (Wildman–Crippen LogP) is 2.10. The van der Waals surface area contributed by atoms with Crippen LogP contribution in [0.1, 0.15) is 11.3 Å². The standard InChI is InChI=1S/C11H13N3/c1-8-6-10(9(2)12-7-8)11-4-5-14(3)13-11/h4-7H,1-3H3. The molecule has 0 amide bonds. The Morgan fingerprint density at radius 3 is 2.71 bits per heavy atom. The molecule has 0 bridgehead atoms. The monoisotopic (exact) mass is 187 g/mol. The van der Waals surface area contributed by atoms with Gasteiger partial charge in [-0.2, -0.15) is 5.10 Å². The Balaban J connectivity index is 2.55. The molecule has 0 N–H and O–H groups in total. The molecule has 0 unspecified atom stereocenters. The van der Waals surface area contributed by atoms with Crippen LogP contribution < -0.4 is 0 Å². The maximum Gasteiger partial charge on any atom is 0.0941 e. The van der Waals surface area contributed by atoms with Gasteiger partial charge in [-0.1, -0.05) is 0 Å². The van der Waals surface area contributed by atoms with Crippen molar-refractivity contribution in [3.05, 3.63) is 35.8 Å². The van der Waals surface area contributed by atoms with Gasteiger partial charge in [0.05, 0.1) is 5.69 Å². The molecular formula is C11H13N3. The number of nitrogens with zero attached hydrogens (tertiary/aromatic N) is 3. The Labute approximate surface area is 83.4 Å². The molecule has 0 aliphatic carbocycles. The second-order valence-corrected chi connectivity index (χ2v) is 3.52. The average molecular weight is 187 g/mol. The van der Waals surface area contributed by atoms with Crippen molar-refractivity contribution in [3.63, 3.8) is 0 Å². The van der Waals surface area contributed by atoms with Gasteiger partial charge in [0, 0.05) is 30.7 Å². The number of aryl methyl sites for hydroxylation is 3. The van der Waals surface area contributed by atoms with Crippen LogP contribution >= 0.6 is 0 Å². The zero-order valence-corrected chi connectivity index (χ0v) is 8.65. The third kappa shape index (κ3) is 1.53. The average Bonchev–Trinajstić information content (AvgIpc) is 2.56. The third-order valence-electron chi connectivity index (χ3n) is 2.21. The van der Waals surface area contributed by atoms with Crippen molar-refractivity contribution in [3.8, 4) is 11.3 Å². The summed E-state index contributed by atoms with van der Waals surface area (Å²) < 4.78 is 1.80. The van der Waals surface area contributed by atoms with Crippen LogP contribution in [0.5, 0.6) is 0 Å². The van der Waals surface area contributed by atoms with Crippen LogP contribution in [0.4, 0.5) is 0 Å². The predicted molar refractivity (Wildman–Crippen MR) is 55.9 cm³/mol. The Kier molecular flexibility index (Phi) is 2.08. The fraction of sp³-hybridized carbons (Fsp3) is 0.273. The molecule has 2 aromatic heterocycles. The summed E-state index contributed by atoms with van der Waals surface area (Å²) in [6, 6.07) is 4.12. The van der Waals surface area contributed by atoms with E-state index < -0.39 is 0 Å². The largest absolute Gasteiger partial charge is 0.275 e. The van der Waals surface area contributed by atoms with E-state index in [1.54, 1.807) is 4.68 Å².